The minimum absolute atomic E-state index is 0.0254. The van der Waals surface area contributed by atoms with Gasteiger partial charge in [-0.2, -0.15) is 10.2 Å². The van der Waals surface area contributed by atoms with Crippen LogP contribution in [0.2, 0.25) is 0 Å². The summed E-state index contributed by atoms with van der Waals surface area (Å²) in [4.78, 5) is 14.8. The topological polar surface area (TPSA) is 76.2 Å². The van der Waals surface area contributed by atoms with E-state index in [0.29, 0.717) is 30.9 Å². The van der Waals surface area contributed by atoms with Crippen molar-refractivity contribution in [2.24, 2.45) is 0 Å². The number of nitrogens with zero attached hydrogens (tertiary/aromatic N) is 5. The second kappa shape index (κ2) is 7.36. The van der Waals surface area contributed by atoms with Crippen molar-refractivity contribution in [1.29, 1.82) is 0 Å². The molecule has 1 aliphatic rings. The van der Waals surface area contributed by atoms with Crippen molar-refractivity contribution in [2.75, 3.05) is 6.54 Å². The molecule has 1 aromatic carbocycles. The van der Waals surface area contributed by atoms with Gasteiger partial charge in [0.1, 0.15) is 0 Å². The monoisotopic (exact) mass is 365 g/mol. The smallest absolute Gasteiger partial charge is 0.257 e. The lowest BCUT2D eigenvalue weighted by Crippen LogP contribution is -2.30. The molecule has 7 heteroatoms. The number of rotatable bonds is 4. The van der Waals surface area contributed by atoms with Gasteiger partial charge in [-0.25, -0.2) is 0 Å². The summed E-state index contributed by atoms with van der Waals surface area (Å²) in [6, 6.07) is 11.9. The highest BCUT2D eigenvalue weighted by atomic mass is 16.3. The number of hydrogen-bond acceptors (Lipinski definition) is 4. The highest BCUT2D eigenvalue weighted by molar-refractivity contribution is 5.93. The van der Waals surface area contributed by atoms with Gasteiger partial charge in [-0.3, -0.25) is 14.2 Å². The fraction of sp³-hybridized carbons (Fsp3) is 0.350. The molecule has 27 heavy (non-hydrogen) atoms. The molecule has 0 saturated heterocycles. The number of aryl methyl sites for hydroxylation is 1. The zero-order valence-corrected chi connectivity index (χ0v) is 15.3. The minimum atomic E-state index is -0.607. The Kier molecular flexibility index (Phi) is 4.77. The highest BCUT2D eigenvalue weighted by Crippen LogP contribution is 2.19. The molecule has 0 saturated carbocycles. The van der Waals surface area contributed by atoms with Gasteiger partial charge >= 0.3 is 0 Å². The number of carbonyl (C=O) groups excluding carboxylic acids is 1. The number of benzene rings is 1. The van der Waals surface area contributed by atoms with E-state index in [2.05, 4.69) is 10.2 Å². The predicted octanol–water partition coefficient (Wildman–Crippen LogP) is 2.23. The van der Waals surface area contributed by atoms with Crippen LogP contribution in [0.1, 0.15) is 46.8 Å². The van der Waals surface area contributed by atoms with Gasteiger partial charge in [0, 0.05) is 19.3 Å². The van der Waals surface area contributed by atoms with E-state index < -0.39 is 6.10 Å². The molecular weight excluding hydrogens is 342 g/mol. The molecule has 0 radical (unpaired) electrons. The van der Waals surface area contributed by atoms with Crippen LogP contribution in [0.3, 0.4) is 0 Å². The summed E-state index contributed by atoms with van der Waals surface area (Å²) in [5.74, 6) is -0.0254. The van der Waals surface area contributed by atoms with Crippen molar-refractivity contribution in [2.45, 2.75) is 39.1 Å². The molecule has 0 spiro atoms. The van der Waals surface area contributed by atoms with Gasteiger partial charge < -0.3 is 10.0 Å². The third kappa shape index (κ3) is 3.78. The van der Waals surface area contributed by atoms with Crippen molar-refractivity contribution in [1.82, 2.24) is 24.5 Å². The summed E-state index contributed by atoms with van der Waals surface area (Å²) in [7, 11) is 0. The number of carbonyl (C=O) groups is 1. The van der Waals surface area contributed by atoms with Gasteiger partial charge in [-0.05, 0) is 25.0 Å². The molecule has 1 amide bonds. The summed E-state index contributed by atoms with van der Waals surface area (Å²) < 4.78 is 3.68. The molecule has 7 nitrogen and oxygen atoms in total. The van der Waals surface area contributed by atoms with Crippen LogP contribution in [0.25, 0.3) is 0 Å². The van der Waals surface area contributed by atoms with Crippen LogP contribution < -0.4 is 0 Å². The van der Waals surface area contributed by atoms with Crippen LogP contribution in [-0.4, -0.2) is 42.0 Å². The van der Waals surface area contributed by atoms with Crippen LogP contribution in [0.15, 0.2) is 48.8 Å². The Morgan fingerprint density at radius 3 is 2.85 bits per heavy atom. The van der Waals surface area contributed by atoms with E-state index in [1.54, 1.807) is 24.0 Å². The molecule has 1 aliphatic heterocycles. The molecule has 0 unspecified atom stereocenters. The van der Waals surface area contributed by atoms with Gasteiger partial charge in [0.2, 0.25) is 0 Å². The number of hydrogen-bond donors (Lipinski definition) is 1. The molecule has 140 valence electrons. The SMILES string of the molecule is C[C@@H](O)c1cc2n(n1)CCCN(C(=O)c1cnn(Cc3ccccc3)c1)C2. The average molecular weight is 365 g/mol. The van der Waals surface area contributed by atoms with E-state index >= 15 is 0 Å². The van der Waals surface area contributed by atoms with Crippen LogP contribution in [0.4, 0.5) is 0 Å². The Bertz CT molecular complexity index is 929. The number of amides is 1. The molecular formula is C20H23N5O2. The molecule has 2 aromatic heterocycles. The lowest BCUT2D eigenvalue weighted by atomic mass is 10.2. The average Bonchev–Trinajstić information content (AvgIpc) is 3.24. The zero-order chi connectivity index (χ0) is 18.8. The molecule has 4 rings (SSSR count). The van der Waals surface area contributed by atoms with Gasteiger partial charge in [-0.1, -0.05) is 30.3 Å². The molecule has 0 aliphatic carbocycles. The standard InChI is InChI=1S/C20H23N5O2/c1-15(26)19-10-18-14-23(8-5-9-25(18)22-19)20(27)17-11-21-24(13-17)12-16-6-3-2-4-7-16/h2-4,6-7,10-11,13,15,26H,5,8-9,12,14H2,1H3/t15-/m1/s1. The number of aromatic nitrogens is 4. The molecule has 0 fully saturated rings. The maximum absolute atomic E-state index is 13.0. The van der Waals surface area contributed by atoms with E-state index in [1.807, 2.05) is 46.0 Å². The first-order valence-corrected chi connectivity index (χ1v) is 9.20. The third-order valence-electron chi connectivity index (χ3n) is 4.82. The lowest BCUT2D eigenvalue weighted by molar-refractivity contribution is 0.0745. The third-order valence-corrected chi connectivity index (χ3v) is 4.82. The second-order valence-corrected chi connectivity index (χ2v) is 6.95. The molecule has 1 atom stereocenters. The quantitative estimate of drug-likeness (QED) is 0.769. The molecule has 0 bridgehead atoms. The summed E-state index contributed by atoms with van der Waals surface area (Å²) in [6.45, 7) is 4.25. The van der Waals surface area contributed by atoms with E-state index in [1.165, 1.54) is 0 Å². The van der Waals surface area contributed by atoms with Gasteiger partial charge in [0.05, 0.1) is 42.3 Å². The van der Waals surface area contributed by atoms with Crippen molar-refractivity contribution in [3.63, 3.8) is 0 Å². The fourth-order valence-electron chi connectivity index (χ4n) is 3.38. The first-order valence-electron chi connectivity index (χ1n) is 9.20. The van der Waals surface area contributed by atoms with E-state index in [9.17, 15) is 9.90 Å². The van der Waals surface area contributed by atoms with Crippen LogP contribution >= 0.6 is 0 Å². The molecule has 3 heterocycles. The van der Waals surface area contributed by atoms with Crippen molar-refractivity contribution < 1.29 is 9.90 Å². The highest BCUT2D eigenvalue weighted by Gasteiger charge is 2.23. The van der Waals surface area contributed by atoms with Crippen molar-refractivity contribution in [3.8, 4) is 0 Å². The van der Waals surface area contributed by atoms with Crippen LogP contribution in [-0.2, 0) is 19.6 Å². The van der Waals surface area contributed by atoms with Crippen LogP contribution in [0.5, 0.6) is 0 Å². The van der Waals surface area contributed by atoms with Crippen molar-refractivity contribution >= 4 is 5.91 Å². The first kappa shape index (κ1) is 17.5. The zero-order valence-electron chi connectivity index (χ0n) is 15.3. The predicted molar refractivity (Wildman–Crippen MR) is 100.0 cm³/mol. The Hall–Kier alpha value is -2.93. The Morgan fingerprint density at radius 1 is 1.26 bits per heavy atom. The van der Waals surface area contributed by atoms with E-state index in [0.717, 1.165) is 24.2 Å². The largest absolute Gasteiger partial charge is 0.387 e. The fourth-order valence-corrected chi connectivity index (χ4v) is 3.38. The normalized spacial score (nSPS) is 15.3. The second-order valence-electron chi connectivity index (χ2n) is 6.95. The minimum Gasteiger partial charge on any atom is -0.387 e. The van der Waals surface area contributed by atoms with Gasteiger partial charge in [-0.15, -0.1) is 0 Å². The summed E-state index contributed by atoms with van der Waals surface area (Å²) in [6.07, 6.45) is 3.66. The summed E-state index contributed by atoms with van der Waals surface area (Å²) in [5, 5.41) is 18.5. The van der Waals surface area contributed by atoms with E-state index in [-0.39, 0.29) is 5.91 Å². The Balaban J connectivity index is 1.49. The number of fused-ring (bicyclic) bond motifs is 1. The van der Waals surface area contributed by atoms with Crippen molar-refractivity contribution in [3.05, 3.63) is 71.3 Å². The van der Waals surface area contributed by atoms with E-state index in [4.69, 9.17) is 0 Å². The maximum atomic E-state index is 13.0. The number of aliphatic hydroxyl groups excluding tert-OH is 1. The number of aliphatic hydroxyl groups is 1. The van der Waals surface area contributed by atoms with Crippen LogP contribution in [0, 0.1) is 0 Å². The Morgan fingerprint density at radius 2 is 2.07 bits per heavy atom. The first-order chi connectivity index (χ1) is 13.1. The van der Waals surface area contributed by atoms with Gasteiger partial charge in [0.25, 0.3) is 5.91 Å². The molecule has 1 N–H and O–H groups in total. The lowest BCUT2D eigenvalue weighted by Gasteiger charge is -2.19. The van der Waals surface area contributed by atoms with Gasteiger partial charge in [0.15, 0.2) is 0 Å². The summed E-state index contributed by atoms with van der Waals surface area (Å²) >= 11 is 0. The maximum Gasteiger partial charge on any atom is 0.257 e. The Labute approximate surface area is 157 Å². The summed E-state index contributed by atoms with van der Waals surface area (Å²) in [5.41, 5.74) is 3.34. The molecule has 3 aromatic rings.